The first kappa shape index (κ1) is 15.5. The molecule has 0 saturated heterocycles. The molecule has 1 aromatic heterocycles. The molecule has 1 atom stereocenters. The van der Waals surface area contributed by atoms with Crippen LogP contribution in [-0.4, -0.2) is 31.4 Å². The number of nitrogens with two attached hydrogens (primary N) is 1. The molecule has 1 aromatic rings. The van der Waals surface area contributed by atoms with Crippen LogP contribution in [0, 0.1) is 0 Å². The number of hydrogen-bond donors (Lipinski definition) is 2. The van der Waals surface area contributed by atoms with Crippen molar-refractivity contribution in [2.24, 2.45) is 0 Å². The van der Waals surface area contributed by atoms with Crippen molar-refractivity contribution < 1.29 is 4.43 Å². The lowest BCUT2D eigenvalue weighted by Crippen LogP contribution is -2.41. The molecule has 3 N–H and O–H groups in total. The third-order valence-corrected chi connectivity index (χ3v) is 9.08. The molecule has 2 heterocycles. The Labute approximate surface area is 126 Å². The fourth-order valence-corrected chi connectivity index (χ4v) is 3.33. The Morgan fingerprint density at radius 2 is 2.05 bits per heavy atom. The summed E-state index contributed by atoms with van der Waals surface area (Å²) in [5, 5.41) is 3.86. The Morgan fingerprint density at radius 3 is 2.65 bits per heavy atom. The van der Waals surface area contributed by atoms with Gasteiger partial charge in [0.05, 0.1) is 0 Å². The summed E-state index contributed by atoms with van der Waals surface area (Å²) < 4.78 is 6.27. The molecule has 1 aliphatic heterocycles. The van der Waals surface area contributed by atoms with Crippen LogP contribution in [0.15, 0.2) is 0 Å². The van der Waals surface area contributed by atoms with E-state index in [0.717, 1.165) is 17.9 Å². The number of rotatable bonds is 3. The highest BCUT2D eigenvalue weighted by Gasteiger charge is 2.38. The van der Waals surface area contributed by atoms with E-state index in [1.54, 1.807) is 0 Å². The lowest BCUT2D eigenvalue weighted by atomic mass is 10.1. The molecule has 0 spiro atoms. The van der Waals surface area contributed by atoms with Gasteiger partial charge < -0.3 is 15.5 Å². The monoisotopic (exact) mass is 314 g/mol. The van der Waals surface area contributed by atoms with Crippen molar-refractivity contribution in [2.75, 3.05) is 24.2 Å². The average molecular weight is 315 g/mol. The van der Waals surface area contributed by atoms with E-state index in [9.17, 15) is 0 Å². The highest BCUT2D eigenvalue weighted by Crippen LogP contribution is 2.40. The normalized spacial score (nSPS) is 18.8. The number of nitrogens with one attached hydrogen (secondary N) is 1. The maximum absolute atomic E-state index is 6.27. The quantitative estimate of drug-likeness (QED) is 0.662. The summed E-state index contributed by atoms with van der Waals surface area (Å²) in [5.74, 6) is 1.13. The molecular weight excluding hydrogens is 292 g/mol. The van der Waals surface area contributed by atoms with Crippen LogP contribution in [0.4, 0.5) is 11.8 Å². The van der Waals surface area contributed by atoms with E-state index in [-0.39, 0.29) is 16.9 Å². The third kappa shape index (κ3) is 2.92. The molecule has 0 bridgehead atoms. The van der Waals surface area contributed by atoms with Gasteiger partial charge in [0.15, 0.2) is 8.32 Å². The molecule has 112 valence electrons. The van der Waals surface area contributed by atoms with Gasteiger partial charge in [-0.3, -0.25) is 0 Å². The van der Waals surface area contributed by atoms with Gasteiger partial charge in [-0.1, -0.05) is 32.4 Å². The van der Waals surface area contributed by atoms with Crippen LogP contribution < -0.4 is 11.1 Å². The number of nitrogen functional groups attached to an aromatic ring is 1. The molecule has 0 saturated carbocycles. The Morgan fingerprint density at radius 1 is 1.40 bits per heavy atom. The third-order valence-electron chi connectivity index (χ3n) is 4.29. The fraction of sp³-hybridized carbons (Fsp3) is 0.692. The van der Waals surface area contributed by atoms with Gasteiger partial charge in [-0.05, 0) is 18.1 Å². The van der Waals surface area contributed by atoms with Crippen molar-refractivity contribution >= 4 is 31.7 Å². The highest BCUT2D eigenvalue weighted by molar-refractivity contribution is 6.74. The van der Waals surface area contributed by atoms with E-state index in [1.165, 1.54) is 0 Å². The lowest BCUT2D eigenvalue weighted by Gasteiger charge is -2.37. The van der Waals surface area contributed by atoms with Crippen molar-refractivity contribution in [3.8, 4) is 0 Å². The summed E-state index contributed by atoms with van der Waals surface area (Å²) in [7, 11) is -1.76. The zero-order valence-electron chi connectivity index (χ0n) is 12.7. The number of fused-ring (bicyclic) bond motifs is 1. The lowest BCUT2D eigenvalue weighted by molar-refractivity contribution is 0.269. The largest absolute Gasteiger partial charge is 0.416 e. The van der Waals surface area contributed by atoms with Gasteiger partial charge in [0.1, 0.15) is 11.0 Å². The van der Waals surface area contributed by atoms with Gasteiger partial charge in [-0.25, -0.2) is 4.98 Å². The molecule has 0 fully saturated rings. The Balaban J connectivity index is 2.13. The van der Waals surface area contributed by atoms with Crippen molar-refractivity contribution in [3.05, 3.63) is 10.7 Å². The van der Waals surface area contributed by atoms with E-state index in [2.05, 4.69) is 49.1 Å². The molecule has 7 heteroatoms. The maximum Gasteiger partial charge on any atom is 0.223 e. The number of nitrogens with zero attached hydrogens (tertiary/aromatic N) is 2. The van der Waals surface area contributed by atoms with Crippen LogP contribution in [0.5, 0.6) is 0 Å². The minimum Gasteiger partial charge on any atom is -0.416 e. The standard InChI is InChI=1S/C13H23ClN4OSi/c1-13(2,3)20(4,5)19-7-8-6-16-11-9(8)10(14)17-12(15)18-11/h8H,6-7H2,1-5H3,(H3,15,16,17,18). The minimum atomic E-state index is -1.76. The fourth-order valence-electron chi connectivity index (χ4n) is 1.94. The van der Waals surface area contributed by atoms with E-state index >= 15 is 0 Å². The minimum absolute atomic E-state index is 0.187. The molecule has 2 rings (SSSR count). The maximum atomic E-state index is 6.27. The summed E-state index contributed by atoms with van der Waals surface area (Å²) in [4.78, 5) is 8.22. The highest BCUT2D eigenvalue weighted by atomic mass is 35.5. The first-order valence-corrected chi connectivity index (χ1v) is 10.1. The van der Waals surface area contributed by atoms with Crippen LogP contribution >= 0.6 is 11.6 Å². The van der Waals surface area contributed by atoms with Gasteiger partial charge in [-0.15, -0.1) is 0 Å². The second-order valence-electron chi connectivity index (χ2n) is 6.78. The van der Waals surface area contributed by atoms with Crippen molar-refractivity contribution in [3.63, 3.8) is 0 Å². The molecule has 20 heavy (non-hydrogen) atoms. The topological polar surface area (TPSA) is 73.1 Å². The summed E-state index contributed by atoms with van der Waals surface area (Å²) in [5.41, 5.74) is 6.54. The first-order chi connectivity index (χ1) is 9.12. The van der Waals surface area contributed by atoms with E-state index in [4.69, 9.17) is 21.8 Å². The number of anilines is 2. The summed E-state index contributed by atoms with van der Waals surface area (Å²) in [6.07, 6.45) is 0. The van der Waals surface area contributed by atoms with Crippen LogP contribution in [0.1, 0.15) is 32.3 Å². The second kappa shape index (κ2) is 5.16. The zero-order valence-corrected chi connectivity index (χ0v) is 14.5. The van der Waals surface area contributed by atoms with E-state index in [0.29, 0.717) is 11.8 Å². The Kier molecular flexibility index (Phi) is 4.01. The molecular formula is C13H23ClN4OSi. The van der Waals surface area contributed by atoms with Gasteiger partial charge >= 0.3 is 0 Å². The van der Waals surface area contributed by atoms with Crippen molar-refractivity contribution in [1.82, 2.24) is 9.97 Å². The van der Waals surface area contributed by atoms with Crippen molar-refractivity contribution in [1.29, 1.82) is 0 Å². The first-order valence-electron chi connectivity index (χ1n) is 6.82. The van der Waals surface area contributed by atoms with Crippen LogP contribution in [0.2, 0.25) is 23.3 Å². The van der Waals surface area contributed by atoms with Crippen LogP contribution in [0.25, 0.3) is 0 Å². The summed E-state index contributed by atoms with van der Waals surface area (Å²) in [6.45, 7) is 12.6. The number of aromatic nitrogens is 2. The average Bonchev–Trinajstić information content (AvgIpc) is 2.68. The van der Waals surface area contributed by atoms with Gasteiger partial charge in [-0.2, -0.15) is 4.98 Å². The predicted octanol–water partition coefficient (Wildman–Crippen LogP) is 3.24. The molecule has 0 radical (unpaired) electrons. The predicted molar refractivity (Wildman–Crippen MR) is 85.8 cm³/mol. The van der Waals surface area contributed by atoms with Gasteiger partial charge in [0.25, 0.3) is 0 Å². The zero-order chi connectivity index (χ0) is 15.1. The summed E-state index contributed by atoms with van der Waals surface area (Å²) in [6, 6.07) is 0. The van der Waals surface area contributed by atoms with Gasteiger partial charge in [0.2, 0.25) is 5.95 Å². The SMILES string of the molecule is CC(C)(C)[Si](C)(C)OCC1CNc2nc(N)nc(Cl)c21. The van der Waals surface area contributed by atoms with E-state index in [1.807, 2.05) is 0 Å². The molecule has 1 unspecified atom stereocenters. The molecule has 0 aliphatic carbocycles. The molecule has 5 nitrogen and oxygen atoms in total. The van der Waals surface area contributed by atoms with E-state index < -0.39 is 8.32 Å². The molecule has 0 amide bonds. The molecule has 1 aliphatic rings. The van der Waals surface area contributed by atoms with Gasteiger partial charge in [0, 0.05) is 24.6 Å². The smallest absolute Gasteiger partial charge is 0.223 e. The second-order valence-corrected chi connectivity index (χ2v) is 12.0. The Hall–Kier alpha value is -0.853. The Bertz CT molecular complexity index is 516. The summed E-state index contributed by atoms with van der Waals surface area (Å²) >= 11 is 6.19. The number of hydrogen-bond acceptors (Lipinski definition) is 5. The van der Waals surface area contributed by atoms with Crippen LogP contribution in [-0.2, 0) is 4.43 Å². The number of halogens is 1. The van der Waals surface area contributed by atoms with Crippen molar-refractivity contribution in [2.45, 2.75) is 44.8 Å². The van der Waals surface area contributed by atoms with Crippen LogP contribution in [0.3, 0.4) is 0 Å². The molecule has 0 aromatic carbocycles.